The van der Waals surface area contributed by atoms with E-state index < -0.39 is 33.6 Å². The van der Waals surface area contributed by atoms with Crippen molar-refractivity contribution in [1.29, 1.82) is 0 Å². The van der Waals surface area contributed by atoms with Crippen LogP contribution in [-0.2, 0) is 16.4 Å². The van der Waals surface area contributed by atoms with Gasteiger partial charge in [-0.05, 0) is 34.5 Å². The number of carboxylic acid groups (broad SMARTS) is 1. The molecule has 0 fully saturated rings. The Morgan fingerprint density at radius 1 is 1.36 bits per heavy atom. The van der Waals surface area contributed by atoms with Gasteiger partial charge in [-0.1, -0.05) is 0 Å². The smallest absolute Gasteiger partial charge is 0.404 e. The van der Waals surface area contributed by atoms with E-state index in [0.29, 0.717) is 8.45 Å². The zero-order valence-electron chi connectivity index (χ0n) is 13.9. The van der Waals surface area contributed by atoms with E-state index >= 15 is 4.39 Å². The molecule has 0 saturated heterocycles. The van der Waals surface area contributed by atoms with Crippen LogP contribution < -0.4 is 5.32 Å². The van der Waals surface area contributed by atoms with E-state index in [4.69, 9.17) is 5.11 Å². The maximum Gasteiger partial charge on any atom is 0.404 e. The van der Waals surface area contributed by atoms with Crippen LogP contribution in [0.3, 0.4) is 0 Å². The minimum Gasteiger partial charge on any atom is -0.465 e. The highest BCUT2D eigenvalue weighted by Gasteiger charge is 2.29. The summed E-state index contributed by atoms with van der Waals surface area (Å²) < 4.78 is 56.4. The molecule has 0 bridgehead atoms. The first kappa shape index (κ1) is 20.4. The fourth-order valence-corrected chi connectivity index (χ4v) is 6.24. The van der Waals surface area contributed by atoms with Crippen LogP contribution in [0, 0.1) is 11.8 Å². The Balaban J connectivity index is 2.19. The maximum atomic E-state index is 15.1. The van der Waals surface area contributed by atoms with Crippen molar-refractivity contribution in [3.63, 3.8) is 0 Å². The van der Waals surface area contributed by atoms with Crippen LogP contribution in [0.1, 0.15) is 5.56 Å². The molecule has 12 heteroatoms. The topological polar surface area (TPSA) is 101 Å². The lowest BCUT2D eigenvalue weighted by Crippen LogP contribution is -2.23. The van der Waals surface area contributed by atoms with Gasteiger partial charge in [-0.2, -0.15) is 4.39 Å². The van der Waals surface area contributed by atoms with Crippen molar-refractivity contribution >= 4 is 43.4 Å². The van der Waals surface area contributed by atoms with Crippen LogP contribution in [0.2, 0.25) is 0 Å². The predicted octanol–water partition coefficient (Wildman–Crippen LogP) is 3.70. The molecule has 0 saturated carbocycles. The number of hydrogen-bond acceptors (Lipinski definition) is 5. The van der Waals surface area contributed by atoms with Crippen molar-refractivity contribution in [1.82, 2.24) is 14.3 Å². The van der Waals surface area contributed by atoms with E-state index in [-0.39, 0.29) is 29.0 Å². The number of nitrogens with one attached hydrogen (secondary N) is 1. The van der Waals surface area contributed by atoms with Gasteiger partial charge >= 0.3 is 6.09 Å². The molecule has 0 aliphatic rings. The molecule has 0 aromatic carbocycles. The van der Waals surface area contributed by atoms with Crippen LogP contribution in [0.5, 0.6) is 0 Å². The summed E-state index contributed by atoms with van der Waals surface area (Å²) in [7, 11) is -4.26. The fraction of sp³-hybridized carbons (Fsp3) is 0.125. The summed E-state index contributed by atoms with van der Waals surface area (Å²) in [6.07, 6.45) is 0.764. The first-order valence-electron chi connectivity index (χ1n) is 7.68. The van der Waals surface area contributed by atoms with Crippen LogP contribution in [0.25, 0.3) is 11.3 Å². The average Bonchev–Trinajstić information content (AvgIpc) is 3.20. The van der Waals surface area contributed by atoms with E-state index in [1.54, 1.807) is 5.38 Å². The number of aromatic nitrogens is 2. The molecular weight excluding hydrogens is 480 g/mol. The van der Waals surface area contributed by atoms with Crippen LogP contribution >= 0.6 is 27.3 Å². The van der Waals surface area contributed by atoms with Gasteiger partial charge in [-0.25, -0.2) is 26.6 Å². The van der Waals surface area contributed by atoms with E-state index in [0.717, 1.165) is 23.7 Å². The third-order valence-electron chi connectivity index (χ3n) is 3.79. The monoisotopic (exact) mass is 491 g/mol. The van der Waals surface area contributed by atoms with E-state index in [9.17, 15) is 17.6 Å². The van der Waals surface area contributed by atoms with Crippen molar-refractivity contribution in [3.8, 4) is 11.3 Å². The quantitative estimate of drug-likeness (QED) is 0.512. The van der Waals surface area contributed by atoms with E-state index in [2.05, 4.69) is 26.2 Å². The zero-order chi connectivity index (χ0) is 20.5. The summed E-state index contributed by atoms with van der Waals surface area (Å²) in [5.74, 6) is -2.00. The lowest BCUT2D eigenvalue weighted by Gasteiger charge is -2.10. The molecule has 0 atom stereocenters. The van der Waals surface area contributed by atoms with Gasteiger partial charge in [0.05, 0.1) is 5.56 Å². The lowest BCUT2D eigenvalue weighted by molar-refractivity contribution is 0.194. The highest BCUT2D eigenvalue weighted by atomic mass is 79.9. The second-order valence-corrected chi connectivity index (χ2v) is 8.91. The summed E-state index contributed by atoms with van der Waals surface area (Å²) in [4.78, 5) is 13.9. The molecule has 1 amide bonds. The number of carbonyl (C=O) groups is 1. The molecule has 0 radical (unpaired) electrons. The van der Waals surface area contributed by atoms with E-state index in [1.807, 2.05) is 0 Å². The molecule has 0 aliphatic heterocycles. The first-order chi connectivity index (χ1) is 13.2. The minimum absolute atomic E-state index is 0.0815. The normalized spacial score (nSPS) is 11.5. The van der Waals surface area contributed by atoms with Crippen LogP contribution in [0.4, 0.5) is 13.6 Å². The number of amides is 1. The molecular formula is C16H12BrF2N3O4S2. The largest absolute Gasteiger partial charge is 0.465 e. The van der Waals surface area contributed by atoms with Gasteiger partial charge in [0, 0.05) is 39.7 Å². The molecule has 3 rings (SSSR count). The number of hydrogen-bond donors (Lipinski definition) is 2. The Labute approximate surface area is 170 Å². The number of thiophene rings is 1. The summed E-state index contributed by atoms with van der Waals surface area (Å²) in [6, 6.07) is 2.57. The summed E-state index contributed by atoms with van der Waals surface area (Å²) >= 11 is 4.27. The van der Waals surface area contributed by atoms with Gasteiger partial charge in [-0.15, -0.1) is 11.3 Å². The standard InChI is InChI=1S/C16H12BrF2N3O4S2/c17-11-7-27-8-12(11)28(25,26)22-6-9(3-5-21-16(23)24)13(18)14(22)10-2-1-4-20-15(10)19/h1-2,4,6-8,21H,3,5H2,(H,23,24). The molecule has 0 spiro atoms. The van der Waals surface area contributed by atoms with Gasteiger partial charge < -0.3 is 10.4 Å². The van der Waals surface area contributed by atoms with Gasteiger partial charge in [0.2, 0.25) is 5.95 Å². The van der Waals surface area contributed by atoms with Crippen molar-refractivity contribution in [2.24, 2.45) is 0 Å². The predicted molar refractivity (Wildman–Crippen MR) is 102 cm³/mol. The molecule has 28 heavy (non-hydrogen) atoms. The second kappa shape index (κ2) is 7.97. The Morgan fingerprint density at radius 3 is 2.71 bits per heavy atom. The van der Waals surface area contributed by atoms with E-state index in [1.165, 1.54) is 17.5 Å². The van der Waals surface area contributed by atoms with Crippen molar-refractivity contribution in [2.75, 3.05) is 6.54 Å². The number of rotatable bonds is 6. The van der Waals surface area contributed by atoms with Crippen LogP contribution in [0.15, 0.2) is 44.7 Å². The molecule has 0 unspecified atom stereocenters. The number of nitrogens with zero attached hydrogens (tertiary/aromatic N) is 2. The highest BCUT2D eigenvalue weighted by molar-refractivity contribution is 9.10. The molecule has 0 aliphatic carbocycles. The third-order valence-corrected chi connectivity index (χ3v) is 7.60. The van der Waals surface area contributed by atoms with Gasteiger partial charge in [-0.3, -0.25) is 0 Å². The molecule has 2 N–H and O–H groups in total. The fourth-order valence-electron chi connectivity index (χ4n) is 2.54. The third kappa shape index (κ3) is 3.80. The highest BCUT2D eigenvalue weighted by Crippen LogP contribution is 2.34. The van der Waals surface area contributed by atoms with Gasteiger partial charge in [0.15, 0.2) is 5.82 Å². The molecule has 148 valence electrons. The van der Waals surface area contributed by atoms with Crippen molar-refractivity contribution < 1.29 is 27.1 Å². The SMILES string of the molecule is O=C(O)NCCc1cn(S(=O)(=O)c2cscc2Br)c(-c2cccnc2F)c1F. The summed E-state index contributed by atoms with van der Waals surface area (Å²) in [5.41, 5.74) is -0.914. The summed E-state index contributed by atoms with van der Waals surface area (Å²) in [6.45, 7) is -0.145. The molecule has 3 aromatic heterocycles. The second-order valence-electron chi connectivity index (χ2n) is 5.53. The number of pyridine rings is 1. The Bertz CT molecular complexity index is 1140. The summed E-state index contributed by atoms with van der Waals surface area (Å²) in [5, 5.41) is 13.6. The minimum atomic E-state index is -4.26. The number of halogens is 3. The lowest BCUT2D eigenvalue weighted by atomic mass is 10.1. The van der Waals surface area contributed by atoms with Gasteiger partial charge in [0.25, 0.3) is 10.0 Å². The Hall–Kier alpha value is -2.31. The van der Waals surface area contributed by atoms with Crippen molar-refractivity contribution in [2.45, 2.75) is 11.3 Å². The first-order valence-corrected chi connectivity index (χ1v) is 10.9. The molecule has 7 nitrogen and oxygen atoms in total. The Kier molecular flexibility index (Phi) is 5.82. The van der Waals surface area contributed by atoms with Crippen molar-refractivity contribution in [3.05, 3.63) is 57.1 Å². The van der Waals surface area contributed by atoms with Gasteiger partial charge in [0.1, 0.15) is 10.6 Å². The maximum absolute atomic E-state index is 15.1. The molecule has 3 heterocycles. The molecule has 3 aromatic rings. The zero-order valence-corrected chi connectivity index (χ0v) is 17.1. The average molecular weight is 492 g/mol. The van der Waals surface area contributed by atoms with Crippen LogP contribution in [-0.4, -0.2) is 35.1 Å². The Morgan fingerprint density at radius 2 is 2.11 bits per heavy atom.